The van der Waals surface area contributed by atoms with Crippen molar-refractivity contribution >= 4 is 43.0 Å². The van der Waals surface area contributed by atoms with E-state index in [4.69, 9.17) is 15.6 Å². The van der Waals surface area contributed by atoms with Gasteiger partial charge < -0.3 is 15.8 Å². The highest BCUT2D eigenvalue weighted by Gasteiger charge is 2.15. The number of nitrogen functional groups attached to an aromatic ring is 1. The summed E-state index contributed by atoms with van der Waals surface area (Å²) in [5.41, 5.74) is 6.91. The van der Waals surface area contributed by atoms with Crippen molar-refractivity contribution in [1.29, 1.82) is 0 Å². The van der Waals surface area contributed by atoms with Gasteiger partial charge in [0.1, 0.15) is 10.6 Å². The summed E-state index contributed by atoms with van der Waals surface area (Å²) in [5.74, 6) is 0.633. The molecule has 0 unspecified atom stereocenters. The minimum atomic E-state index is -3.89. The number of nitrogens with one attached hydrogen (secondary N) is 1. The molecule has 0 atom stereocenters. The first-order chi connectivity index (χ1) is 9.81. The number of primary sulfonamides is 1. The fourth-order valence-electron chi connectivity index (χ4n) is 1.75. The number of halogens is 1. The topological polar surface area (TPSA) is 107 Å². The highest BCUT2D eigenvalue weighted by Crippen LogP contribution is 2.32. The second-order valence-electron chi connectivity index (χ2n) is 4.27. The number of methoxy groups -OCH3 is 1. The molecule has 0 aliphatic heterocycles. The number of ether oxygens (including phenoxy) is 1. The number of rotatable bonds is 4. The van der Waals surface area contributed by atoms with Crippen LogP contribution in [0, 0.1) is 0 Å². The number of nitrogens with two attached hydrogens (primary N) is 2. The molecule has 0 spiro atoms. The first-order valence-corrected chi connectivity index (χ1v) is 8.18. The zero-order valence-electron chi connectivity index (χ0n) is 11.1. The zero-order chi connectivity index (χ0) is 15.6. The molecular formula is C13H14BrN3O3S. The second-order valence-corrected chi connectivity index (χ2v) is 6.66. The summed E-state index contributed by atoms with van der Waals surface area (Å²) >= 11 is 3.38. The molecule has 0 fully saturated rings. The average Bonchev–Trinajstić information content (AvgIpc) is 2.42. The number of anilines is 3. The molecule has 21 heavy (non-hydrogen) atoms. The largest absolute Gasteiger partial charge is 0.497 e. The van der Waals surface area contributed by atoms with Crippen molar-refractivity contribution in [3.05, 3.63) is 40.9 Å². The molecule has 2 rings (SSSR count). The highest BCUT2D eigenvalue weighted by molar-refractivity contribution is 9.10. The molecular weight excluding hydrogens is 358 g/mol. The lowest BCUT2D eigenvalue weighted by molar-refractivity contribution is 0.415. The van der Waals surface area contributed by atoms with E-state index < -0.39 is 10.0 Å². The first kappa shape index (κ1) is 15.6. The van der Waals surface area contributed by atoms with E-state index in [1.165, 1.54) is 6.07 Å². The molecule has 0 saturated carbocycles. The van der Waals surface area contributed by atoms with Gasteiger partial charge in [0.15, 0.2) is 0 Å². The number of hydrogen-bond donors (Lipinski definition) is 3. The molecule has 0 bridgehead atoms. The van der Waals surface area contributed by atoms with Crippen molar-refractivity contribution in [2.24, 2.45) is 5.14 Å². The number of sulfonamides is 1. The van der Waals surface area contributed by atoms with Gasteiger partial charge in [0, 0.05) is 16.2 Å². The first-order valence-electron chi connectivity index (χ1n) is 5.84. The maximum absolute atomic E-state index is 11.6. The average molecular weight is 372 g/mol. The van der Waals surface area contributed by atoms with Crippen LogP contribution in [0.25, 0.3) is 0 Å². The summed E-state index contributed by atoms with van der Waals surface area (Å²) in [5, 5.41) is 8.22. The van der Waals surface area contributed by atoms with E-state index in [9.17, 15) is 8.42 Å². The van der Waals surface area contributed by atoms with E-state index in [2.05, 4.69) is 21.2 Å². The summed E-state index contributed by atoms with van der Waals surface area (Å²) < 4.78 is 29.2. The Labute approximate surface area is 131 Å². The third-order valence-electron chi connectivity index (χ3n) is 2.76. The van der Waals surface area contributed by atoms with Crippen LogP contribution in [-0.4, -0.2) is 15.5 Å². The SMILES string of the molecule is COc1ccc(Br)c(Nc2ccc(N)cc2S(N)(=O)=O)c1. The van der Waals surface area contributed by atoms with Gasteiger partial charge in [-0.3, -0.25) is 0 Å². The van der Waals surface area contributed by atoms with Crippen LogP contribution >= 0.6 is 15.9 Å². The van der Waals surface area contributed by atoms with Crippen molar-refractivity contribution in [3.63, 3.8) is 0 Å². The van der Waals surface area contributed by atoms with E-state index in [1.54, 1.807) is 37.4 Å². The van der Waals surface area contributed by atoms with Crippen molar-refractivity contribution < 1.29 is 13.2 Å². The summed E-state index contributed by atoms with van der Waals surface area (Å²) in [7, 11) is -2.35. The maximum atomic E-state index is 11.6. The Morgan fingerprint density at radius 3 is 2.48 bits per heavy atom. The third-order valence-corrected chi connectivity index (χ3v) is 4.40. The number of hydrogen-bond acceptors (Lipinski definition) is 5. The van der Waals surface area contributed by atoms with Crippen LogP contribution < -0.4 is 20.9 Å². The van der Waals surface area contributed by atoms with Crippen LogP contribution in [0.1, 0.15) is 0 Å². The zero-order valence-corrected chi connectivity index (χ0v) is 13.5. The number of benzene rings is 2. The molecule has 0 saturated heterocycles. The molecule has 0 aliphatic rings. The molecule has 0 radical (unpaired) electrons. The lowest BCUT2D eigenvalue weighted by Crippen LogP contribution is -2.14. The smallest absolute Gasteiger partial charge is 0.240 e. The predicted molar refractivity (Wildman–Crippen MR) is 86.2 cm³/mol. The van der Waals surface area contributed by atoms with E-state index in [0.29, 0.717) is 22.8 Å². The van der Waals surface area contributed by atoms with Crippen molar-refractivity contribution in [2.45, 2.75) is 4.90 Å². The Hall–Kier alpha value is -1.77. The Bertz CT molecular complexity index is 778. The molecule has 2 aromatic rings. The molecule has 2 aromatic carbocycles. The van der Waals surface area contributed by atoms with Crippen LogP contribution in [0.5, 0.6) is 5.75 Å². The lowest BCUT2D eigenvalue weighted by atomic mass is 10.2. The van der Waals surface area contributed by atoms with Gasteiger partial charge in [0.2, 0.25) is 10.0 Å². The monoisotopic (exact) mass is 371 g/mol. The highest BCUT2D eigenvalue weighted by atomic mass is 79.9. The third kappa shape index (κ3) is 3.66. The summed E-state index contributed by atoms with van der Waals surface area (Å²) in [6, 6.07) is 9.75. The molecule has 0 amide bonds. The van der Waals surface area contributed by atoms with Gasteiger partial charge in [-0.1, -0.05) is 0 Å². The van der Waals surface area contributed by atoms with Crippen LogP contribution in [0.4, 0.5) is 17.1 Å². The Morgan fingerprint density at radius 1 is 1.14 bits per heavy atom. The normalized spacial score (nSPS) is 11.2. The van der Waals surface area contributed by atoms with Crippen molar-refractivity contribution in [2.75, 3.05) is 18.2 Å². The summed E-state index contributed by atoms with van der Waals surface area (Å²) in [4.78, 5) is -0.0720. The molecule has 6 nitrogen and oxygen atoms in total. The van der Waals surface area contributed by atoms with E-state index in [1.807, 2.05) is 0 Å². The quantitative estimate of drug-likeness (QED) is 0.715. The second kappa shape index (κ2) is 5.92. The Kier molecular flexibility index (Phi) is 4.40. The van der Waals surface area contributed by atoms with Crippen molar-refractivity contribution in [3.8, 4) is 5.75 Å². The van der Waals surface area contributed by atoms with E-state index in [0.717, 1.165) is 4.47 Å². The van der Waals surface area contributed by atoms with Crippen LogP contribution in [0.3, 0.4) is 0 Å². The van der Waals surface area contributed by atoms with Gasteiger partial charge in [0.05, 0.1) is 18.5 Å². The summed E-state index contributed by atoms with van der Waals surface area (Å²) in [6.45, 7) is 0. The molecule has 0 aromatic heterocycles. The van der Waals surface area contributed by atoms with Gasteiger partial charge in [-0.05, 0) is 46.3 Å². The minimum Gasteiger partial charge on any atom is -0.497 e. The van der Waals surface area contributed by atoms with Gasteiger partial charge in [-0.2, -0.15) is 0 Å². The van der Waals surface area contributed by atoms with E-state index >= 15 is 0 Å². The molecule has 112 valence electrons. The lowest BCUT2D eigenvalue weighted by Gasteiger charge is -2.13. The van der Waals surface area contributed by atoms with Gasteiger partial charge >= 0.3 is 0 Å². The molecule has 8 heteroatoms. The van der Waals surface area contributed by atoms with Gasteiger partial charge in [0.25, 0.3) is 0 Å². The van der Waals surface area contributed by atoms with Crippen LogP contribution in [0.15, 0.2) is 45.8 Å². The minimum absolute atomic E-state index is 0.0720. The van der Waals surface area contributed by atoms with Gasteiger partial charge in [-0.25, -0.2) is 13.6 Å². The predicted octanol–water partition coefficient (Wildman–Crippen LogP) is 2.43. The fraction of sp³-hybridized carbons (Fsp3) is 0.0769. The standard InChI is InChI=1S/C13H14BrN3O3S/c1-20-9-3-4-10(14)12(7-9)17-11-5-2-8(15)6-13(11)21(16,18)19/h2-7,17H,15H2,1H3,(H2,16,18,19). The molecule has 5 N–H and O–H groups in total. The Balaban J connectivity index is 2.50. The van der Waals surface area contributed by atoms with Crippen LogP contribution in [0.2, 0.25) is 0 Å². The Morgan fingerprint density at radius 2 is 1.86 bits per heavy atom. The van der Waals surface area contributed by atoms with E-state index in [-0.39, 0.29) is 4.90 Å². The van der Waals surface area contributed by atoms with Crippen LogP contribution in [-0.2, 0) is 10.0 Å². The van der Waals surface area contributed by atoms with Crippen molar-refractivity contribution in [1.82, 2.24) is 0 Å². The van der Waals surface area contributed by atoms with Gasteiger partial charge in [-0.15, -0.1) is 0 Å². The molecule has 0 heterocycles. The summed E-state index contributed by atoms with van der Waals surface area (Å²) in [6.07, 6.45) is 0. The fourth-order valence-corrected chi connectivity index (χ4v) is 2.82. The maximum Gasteiger partial charge on any atom is 0.240 e. The molecule has 0 aliphatic carbocycles.